The van der Waals surface area contributed by atoms with E-state index in [-0.39, 0.29) is 11.7 Å². The fourth-order valence-electron chi connectivity index (χ4n) is 3.29. The number of aromatic nitrogens is 4. The van der Waals surface area contributed by atoms with Crippen molar-refractivity contribution in [3.05, 3.63) is 42.4 Å². The predicted octanol–water partition coefficient (Wildman–Crippen LogP) is 2.58. The van der Waals surface area contributed by atoms with Crippen LogP contribution in [0.3, 0.4) is 0 Å². The van der Waals surface area contributed by atoms with Crippen LogP contribution in [-0.4, -0.2) is 56.8 Å². The van der Waals surface area contributed by atoms with Crippen LogP contribution in [0.4, 0.5) is 11.5 Å². The fourth-order valence-corrected chi connectivity index (χ4v) is 4.19. The minimum atomic E-state index is -0.195. The molecule has 1 aliphatic rings. The van der Waals surface area contributed by atoms with Crippen LogP contribution in [-0.2, 0) is 7.05 Å². The Morgan fingerprint density at radius 2 is 1.93 bits per heavy atom. The Morgan fingerprint density at radius 1 is 1.19 bits per heavy atom. The lowest BCUT2D eigenvalue weighted by molar-refractivity contribution is 0.0978. The maximum absolute atomic E-state index is 13.2. The van der Waals surface area contributed by atoms with Gasteiger partial charge in [-0.25, -0.2) is 9.97 Å². The third-order valence-electron chi connectivity index (χ3n) is 4.70. The molecule has 0 spiro atoms. The summed E-state index contributed by atoms with van der Waals surface area (Å²) in [6.07, 6.45) is 1.79. The molecular weight excluding hydrogens is 360 g/mol. The highest BCUT2D eigenvalue weighted by Crippen LogP contribution is 2.26. The summed E-state index contributed by atoms with van der Waals surface area (Å²) < 4.78 is 1.70. The van der Waals surface area contributed by atoms with E-state index in [1.165, 1.54) is 0 Å². The maximum atomic E-state index is 13.2. The molecule has 0 atom stereocenters. The van der Waals surface area contributed by atoms with E-state index in [0.29, 0.717) is 12.2 Å². The van der Waals surface area contributed by atoms with E-state index in [9.17, 15) is 4.79 Å². The molecule has 8 heteroatoms. The van der Waals surface area contributed by atoms with Gasteiger partial charge in [0, 0.05) is 43.9 Å². The van der Waals surface area contributed by atoms with E-state index < -0.39 is 0 Å². The first-order valence-corrected chi connectivity index (χ1v) is 10.2. The molecule has 4 rings (SSSR count). The van der Waals surface area contributed by atoms with E-state index in [2.05, 4.69) is 15.0 Å². The van der Waals surface area contributed by atoms with Crippen molar-refractivity contribution in [3.8, 4) is 0 Å². The molecule has 0 aliphatic carbocycles. The van der Waals surface area contributed by atoms with Crippen LogP contribution in [0.5, 0.6) is 0 Å². The zero-order valence-electron chi connectivity index (χ0n) is 15.5. The number of rotatable bonds is 4. The second-order valence-corrected chi connectivity index (χ2v) is 7.59. The summed E-state index contributed by atoms with van der Waals surface area (Å²) in [6.45, 7) is 4.33. The molecule has 7 nitrogen and oxygen atoms in total. The molecule has 3 aromatic rings. The molecular formula is C19H22N6OS. The SMILES string of the molecule is CCN(C(=O)c1nc(N2CCSCC2)c2cnn(C)c2n1)c1ccccc1. The van der Waals surface area contributed by atoms with Crippen molar-refractivity contribution in [3.63, 3.8) is 0 Å². The van der Waals surface area contributed by atoms with Crippen molar-refractivity contribution < 1.29 is 4.79 Å². The van der Waals surface area contributed by atoms with E-state index in [4.69, 9.17) is 4.98 Å². The standard InChI is InChI=1S/C19H22N6OS/c1-3-25(14-7-5-4-6-8-14)19(26)16-21-17-15(13-20-23(17)2)18(22-16)24-9-11-27-12-10-24/h4-8,13H,3,9-12H2,1-2H3. The molecule has 0 radical (unpaired) electrons. The van der Waals surface area contributed by atoms with Crippen LogP contribution in [0.2, 0.25) is 0 Å². The van der Waals surface area contributed by atoms with Gasteiger partial charge in [0.15, 0.2) is 5.65 Å². The minimum absolute atomic E-state index is 0.195. The molecule has 1 amide bonds. The summed E-state index contributed by atoms with van der Waals surface area (Å²) in [5, 5.41) is 5.22. The van der Waals surface area contributed by atoms with Crippen LogP contribution in [0.25, 0.3) is 11.0 Å². The lowest BCUT2D eigenvalue weighted by Gasteiger charge is -2.28. The van der Waals surface area contributed by atoms with Crippen LogP contribution in [0.15, 0.2) is 36.5 Å². The zero-order valence-corrected chi connectivity index (χ0v) is 16.3. The molecule has 27 heavy (non-hydrogen) atoms. The van der Waals surface area contributed by atoms with Gasteiger partial charge >= 0.3 is 0 Å². The van der Waals surface area contributed by atoms with E-state index in [0.717, 1.165) is 41.5 Å². The van der Waals surface area contributed by atoms with Gasteiger partial charge in [-0.15, -0.1) is 0 Å². The van der Waals surface area contributed by atoms with Gasteiger partial charge in [-0.1, -0.05) is 18.2 Å². The van der Waals surface area contributed by atoms with Gasteiger partial charge in [-0.05, 0) is 19.1 Å². The summed E-state index contributed by atoms with van der Waals surface area (Å²) >= 11 is 1.94. The Kier molecular flexibility index (Phi) is 4.98. The summed E-state index contributed by atoms with van der Waals surface area (Å²) in [6, 6.07) is 9.63. The van der Waals surface area contributed by atoms with Gasteiger partial charge in [0.05, 0.1) is 11.6 Å². The Morgan fingerprint density at radius 3 is 2.63 bits per heavy atom. The molecule has 3 heterocycles. The average molecular weight is 382 g/mol. The van der Waals surface area contributed by atoms with Gasteiger partial charge in [-0.3, -0.25) is 9.48 Å². The number of aryl methyl sites for hydroxylation is 1. The monoisotopic (exact) mass is 382 g/mol. The zero-order chi connectivity index (χ0) is 18.8. The summed E-state index contributed by atoms with van der Waals surface area (Å²) in [7, 11) is 1.84. The van der Waals surface area contributed by atoms with Crippen LogP contribution >= 0.6 is 11.8 Å². The van der Waals surface area contributed by atoms with E-state index in [1.54, 1.807) is 15.8 Å². The van der Waals surface area contributed by atoms with Gasteiger partial charge in [-0.2, -0.15) is 16.9 Å². The van der Waals surface area contributed by atoms with Gasteiger partial charge in [0.25, 0.3) is 5.91 Å². The highest BCUT2D eigenvalue weighted by molar-refractivity contribution is 7.99. The number of amides is 1. The number of hydrogen-bond donors (Lipinski definition) is 0. The van der Waals surface area contributed by atoms with Crippen molar-refractivity contribution >= 4 is 40.2 Å². The molecule has 0 bridgehead atoms. The van der Waals surface area contributed by atoms with Gasteiger partial charge < -0.3 is 9.80 Å². The number of carbonyl (C=O) groups is 1. The maximum Gasteiger partial charge on any atom is 0.296 e. The normalized spacial score (nSPS) is 14.5. The van der Waals surface area contributed by atoms with Crippen LogP contribution in [0.1, 0.15) is 17.5 Å². The molecule has 2 aromatic heterocycles. The Labute approximate surface area is 162 Å². The highest BCUT2D eigenvalue weighted by atomic mass is 32.2. The summed E-state index contributed by atoms with van der Waals surface area (Å²) in [5.41, 5.74) is 1.53. The molecule has 0 saturated carbocycles. The number of benzene rings is 1. The second-order valence-electron chi connectivity index (χ2n) is 6.36. The van der Waals surface area contributed by atoms with Crippen molar-refractivity contribution in [2.24, 2.45) is 7.05 Å². The number of fused-ring (bicyclic) bond motifs is 1. The molecule has 0 unspecified atom stereocenters. The number of thioether (sulfide) groups is 1. The first kappa shape index (κ1) is 17.8. The molecule has 1 aliphatic heterocycles. The summed E-state index contributed by atoms with van der Waals surface area (Å²) in [4.78, 5) is 26.4. The lowest BCUT2D eigenvalue weighted by atomic mass is 10.2. The number of hydrogen-bond acceptors (Lipinski definition) is 6. The minimum Gasteiger partial charge on any atom is -0.354 e. The first-order valence-electron chi connectivity index (χ1n) is 9.08. The van der Waals surface area contributed by atoms with Crippen LogP contribution in [0, 0.1) is 0 Å². The summed E-state index contributed by atoms with van der Waals surface area (Å²) in [5.74, 6) is 2.94. The number of nitrogens with zero attached hydrogens (tertiary/aromatic N) is 6. The van der Waals surface area contributed by atoms with Crippen molar-refractivity contribution in [2.75, 3.05) is 40.9 Å². The smallest absolute Gasteiger partial charge is 0.296 e. The van der Waals surface area contributed by atoms with Crippen molar-refractivity contribution in [1.82, 2.24) is 19.7 Å². The third kappa shape index (κ3) is 3.37. The second kappa shape index (κ2) is 7.56. The molecule has 1 saturated heterocycles. The third-order valence-corrected chi connectivity index (χ3v) is 5.65. The van der Waals surface area contributed by atoms with Crippen LogP contribution < -0.4 is 9.80 Å². The molecule has 0 N–H and O–H groups in total. The Hall–Kier alpha value is -2.61. The quantitative estimate of drug-likeness (QED) is 0.691. The average Bonchev–Trinajstić information content (AvgIpc) is 3.10. The van der Waals surface area contributed by atoms with Crippen molar-refractivity contribution in [2.45, 2.75) is 6.92 Å². The largest absolute Gasteiger partial charge is 0.354 e. The van der Waals surface area contributed by atoms with Gasteiger partial charge in [0.1, 0.15) is 5.82 Å². The van der Waals surface area contributed by atoms with E-state index in [1.807, 2.05) is 56.1 Å². The number of para-hydroxylation sites is 1. The van der Waals surface area contributed by atoms with Gasteiger partial charge in [0.2, 0.25) is 5.82 Å². The number of anilines is 2. The van der Waals surface area contributed by atoms with E-state index >= 15 is 0 Å². The Bertz CT molecular complexity index is 951. The fraction of sp³-hybridized carbons (Fsp3) is 0.368. The number of carbonyl (C=O) groups excluding carboxylic acids is 1. The Balaban J connectivity index is 1.79. The molecule has 140 valence electrons. The predicted molar refractivity (Wildman–Crippen MR) is 110 cm³/mol. The topological polar surface area (TPSA) is 67.2 Å². The highest BCUT2D eigenvalue weighted by Gasteiger charge is 2.24. The molecule has 1 fully saturated rings. The van der Waals surface area contributed by atoms with Crippen molar-refractivity contribution in [1.29, 1.82) is 0 Å². The lowest BCUT2D eigenvalue weighted by Crippen LogP contribution is -2.35. The molecule has 1 aromatic carbocycles. The first-order chi connectivity index (χ1) is 13.2.